The number of benzene rings is 2. The number of aliphatic hydroxyl groups excluding tert-OH is 1. The van der Waals surface area contributed by atoms with Crippen LogP contribution in [0.25, 0.3) is 16.8 Å². The highest BCUT2D eigenvalue weighted by Gasteiger charge is 2.19. The monoisotopic (exact) mass is 462 g/mol. The van der Waals surface area contributed by atoms with Gasteiger partial charge in [-0.15, -0.1) is 0 Å². The van der Waals surface area contributed by atoms with E-state index in [9.17, 15) is 18.3 Å². The average Bonchev–Trinajstić information content (AvgIpc) is 2.72. The van der Waals surface area contributed by atoms with Gasteiger partial charge in [-0.25, -0.2) is 8.42 Å². The maximum absolute atomic E-state index is 13.2. The summed E-state index contributed by atoms with van der Waals surface area (Å²) in [5, 5.41) is 14.9. The van der Waals surface area contributed by atoms with Crippen LogP contribution in [0.3, 0.4) is 0 Å². The maximum Gasteiger partial charge on any atom is 0.314 e. The molecule has 0 saturated heterocycles. The number of halogens is 1. The van der Waals surface area contributed by atoms with Crippen LogP contribution in [0.4, 0.5) is 0 Å². The molecule has 0 saturated carbocycles. The number of sulfone groups is 1. The Kier molecular flexibility index (Phi) is 6.83. The van der Waals surface area contributed by atoms with Gasteiger partial charge in [-0.1, -0.05) is 37.6 Å². The first-order valence-corrected chi connectivity index (χ1v) is 11.8. The highest BCUT2D eigenvalue weighted by Crippen LogP contribution is 2.28. The van der Waals surface area contributed by atoms with Crippen molar-refractivity contribution in [2.75, 3.05) is 12.9 Å². The predicted octanol–water partition coefficient (Wildman–Crippen LogP) is 3.35. The average molecular weight is 463 g/mol. The predicted molar refractivity (Wildman–Crippen MR) is 120 cm³/mol. The standard InChI is InChI=1S/C22H23ClN2O5S/c1-14(2)20(26)13-30-21-19(15-4-10-18(11-5-15)31(3,28)29)12-24-25(22(21)27)17-8-6-16(23)7-9-17/h4-12,14,20,26H,13H2,1-3H3/t20-/m1/s1. The minimum atomic E-state index is -3.35. The van der Waals surface area contributed by atoms with Crippen molar-refractivity contribution in [2.45, 2.75) is 24.8 Å². The third-order valence-corrected chi connectivity index (χ3v) is 6.15. The fourth-order valence-electron chi connectivity index (χ4n) is 2.79. The van der Waals surface area contributed by atoms with E-state index in [2.05, 4.69) is 5.10 Å². The highest BCUT2D eigenvalue weighted by atomic mass is 35.5. The van der Waals surface area contributed by atoms with Gasteiger partial charge in [-0.05, 0) is 47.9 Å². The van der Waals surface area contributed by atoms with Gasteiger partial charge < -0.3 is 9.84 Å². The smallest absolute Gasteiger partial charge is 0.314 e. The zero-order valence-electron chi connectivity index (χ0n) is 17.3. The molecule has 0 aliphatic carbocycles. The molecule has 7 nitrogen and oxygen atoms in total. The summed E-state index contributed by atoms with van der Waals surface area (Å²) in [4.78, 5) is 13.4. The van der Waals surface area contributed by atoms with E-state index in [-0.39, 0.29) is 23.2 Å². The molecule has 1 N–H and O–H groups in total. The first kappa shape index (κ1) is 23.0. The zero-order chi connectivity index (χ0) is 22.8. The Bertz CT molecular complexity index is 1220. The molecule has 31 heavy (non-hydrogen) atoms. The summed E-state index contributed by atoms with van der Waals surface area (Å²) in [6.45, 7) is 3.61. The molecule has 1 aromatic heterocycles. The molecule has 164 valence electrons. The van der Waals surface area contributed by atoms with E-state index in [1.807, 2.05) is 13.8 Å². The first-order chi connectivity index (χ1) is 14.6. The Morgan fingerprint density at radius 3 is 2.26 bits per heavy atom. The van der Waals surface area contributed by atoms with Gasteiger partial charge in [-0.2, -0.15) is 9.78 Å². The summed E-state index contributed by atoms with van der Waals surface area (Å²) in [6, 6.07) is 12.7. The molecule has 1 heterocycles. The number of hydrogen-bond donors (Lipinski definition) is 1. The van der Waals surface area contributed by atoms with Crippen LogP contribution < -0.4 is 10.3 Å². The van der Waals surface area contributed by atoms with Crippen LogP contribution in [0.2, 0.25) is 5.02 Å². The van der Waals surface area contributed by atoms with Gasteiger partial charge in [0.2, 0.25) is 0 Å². The van der Waals surface area contributed by atoms with Crippen LogP contribution in [0.5, 0.6) is 5.75 Å². The summed E-state index contributed by atoms with van der Waals surface area (Å²) in [5.41, 5.74) is 0.950. The fraction of sp³-hybridized carbons (Fsp3) is 0.273. The Hall–Kier alpha value is -2.68. The molecule has 0 amide bonds. The molecule has 1 atom stereocenters. The van der Waals surface area contributed by atoms with Crippen molar-refractivity contribution in [1.29, 1.82) is 0 Å². The lowest BCUT2D eigenvalue weighted by atomic mass is 10.1. The van der Waals surface area contributed by atoms with Crippen molar-refractivity contribution in [3.05, 3.63) is 70.1 Å². The van der Waals surface area contributed by atoms with Crippen molar-refractivity contribution in [3.63, 3.8) is 0 Å². The number of aliphatic hydroxyl groups is 1. The summed E-state index contributed by atoms with van der Waals surface area (Å²) in [5.74, 6) is -0.0467. The molecule has 0 unspecified atom stereocenters. The molecule has 0 radical (unpaired) electrons. The van der Waals surface area contributed by atoms with Crippen LogP contribution in [-0.4, -0.2) is 42.3 Å². The molecule has 3 rings (SSSR count). The summed E-state index contributed by atoms with van der Waals surface area (Å²) in [7, 11) is -3.35. The van der Waals surface area contributed by atoms with E-state index < -0.39 is 21.5 Å². The van der Waals surface area contributed by atoms with Gasteiger partial charge in [0.05, 0.1) is 22.9 Å². The fourth-order valence-corrected chi connectivity index (χ4v) is 3.55. The van der Waals surface area contributed by atoms with Crippen LogP contribution >= 0.6 is 11.6 Å². The molecule has 2 aromatic carbocycles. The van der Waals surface area contributed by atoms with Gasteiger partial charge in [0, 0.05) is 16.8 Å². The molecule has 9 heteroatoms. The molecular weight excluding hydrogens is 440 g/mol. The molecule has 0 fully saturated rings. The Morgan fingerprint density at radius 2 is 1.71 bits per heavy atom. The highest BCUT2D eigenvalue weighted by molar-refractivity contribution is 7.90. The SMILES string of the molecule is CC(C)[C@H](O)COc1c(-c2ccc(S(C)(=O)=O)cc2)cnn(-c2ccc(Cl)cc2)c1=O. The van der Waals surface area contributed by atoms with Crippen LogP contribution in [0, 0.1) is 5.92 Å². The Balaban J connectivity index is 2.10. The van der Waals surface area contributed by atoms with Crippen molar-refractivity contribution < 1.29 is 18.3 Å². The van der Waals surface area contributed by atoms with Gasteiger partial charge in [0.25, 0.3) is 0 Å². The number of ether oxygens (including phenoxy) is 1. The largest absolute Gasteiger partial charge is 0.485 e. The van der Waals surface area contributed by atoms with Gasteiger partial charge in [0.1, 0.15) is 6.61 Å². The topological polar surface area (TPSA) is 98.5 Å². The van der Waals surface area contributed by atoms with E-state index in [4.69, 9.17) is 16.3 Å². The minimum absolute atomic E-state index is 0.0109. The van der Waals surface area contributed by atoms with Crippen molar-refractivity contribution >= 4 is 21.4 Å². The lowest BCUT2D eigenvalue weighted by molar-refractivity contribution is 0.0695. The van der Waals surface area contributed by atoms with Crippen LogP contribution in [0.15, 0.2) is 64.4 Å². The zero-order valence-corrected chi connectivity index (χ0v) is 18.9. The van der Waals surface area contributed by atoms with Crippen LogP contribution in [-0.2, 0) is 9.84 Å². The molecule has 0 aliphatic heterocycles. The van der Waals surface area contributed by atoms with E-state index >= 15 is 0 Å². The lowest BCUT2D eigenvalue weighted by Gasteiger charge is -2.18. The van der Waals surface area contributed by atoms with Gasteiger partial charge >= 0.3 is 5.56 Å². The van der Waals surface area contributed by atoms with Crippen molar-refractivity contribution in [1.82, 2.24) is 9.78 Å². The molecule has 3 aromatic rings. The quantitative estimate of drug-likeness (QED) is 0.578. The number of nitrogens with zero attached hydrogens (tertiary/aromatic N) is 2. The van der Waals surface area contributed by atoms with Gasteiger partial charge in [-0.3, -0.25) is 4.79 Å². The summed E-state index contributed by atoms with van der Waals surface area (Å²) < 4.78 is 30.4. The van der Waals surface area contributed by atoms with E-state index in [0.29, 0.717) is 21.8 Å². The molecule has 0 aliphatic rings. The Labute approximate surface area is 185 Å². The van der Waals surface area contributed by atoms with E-state index in [0.717, 1.165) is 6.26 Å². The van der Waals surface area contributed by atoms with Crippen LogP contribution in [0.1, 0.15) is 13.8 Å². The normalized spacial score (nSPS) is 12.7. The third-order valence-electron chi connectivity index (χ3n) is 4.77. The molecular formula is C22H23ClN2O5S. The molecule has 0 bridgehead atoms. The number of hydrogen-bond acceptors (Lipinski definition) is 6. The maximum atomic E-state index is 13.2. The van der Waals surface area contributed by atoms with Crippen molar-refractivity contribution in [3.8, 4) is 22.6 Å². The second-order valence-electron chi connectivity index (χ2n) is 7.50. The van der Waals surface area contributed by atoms with Gasteiger partial charge in [0.15, 0.2) is 15.6 Å². The first-order valence-electron chi connectivity index (χ1n) is 9.57. The second-order valence-corrected chi connectivity index (χ2v) is 9.95. The van der Waals surface area contributed by atoms with E-state index in [1.165, 1.54) is 23.0 Å². The Morgan fingerprint density at radius 1 is 1.10 bits per heavy atom. The van der Waals surface area contributed by atoms with Crippen molar-refractivity contribution in [2.24, 2.45) is 5.92 Å². The number of rotatable bonds is 7. The number of aromatic nitrogens is 2. The minimum Gasteiger partial charge on any atom is -0.485 e. The second kappa shape index (κ2) is 9.21. The lowest BCUT2D eigenvalue weighted by Crippen LogP contribution is -2.28. The third kappa shape index (κ3) is 5.33. The van der Waals surface area contributed by atoms with E-state index in [1.54, 1.807) is 36.4 Å². The summed E-state index contributed by atoms with van der Waals surface area (Å²) >= 11 is 5.93. The summed E-state index contributed by atoms with van der Waals surface area (Å²) in [6.07, 6.45) is 1.83. The molecule has 0 spiro atoms.